The van der Waals surface area contributed by atoms with Gasteiger partial charge in [-0.25, -0.2) is 18.7 Å². The standard InChI is InChI=1S/C29H31F2N5O/c1-18-28(34(2)17-32-18)19-11-14-25-24(15-19)33-29(36(25)20-7-4-3-5-8-20)26-9-6-10-27(37)35(26)21-12-13-22(30)23(31)16-21/h11-17,20,26H,3-10H2,1-2H3/t26-/m0/s1. The molecule has 1 atom stereocenters. The SMILES string of the molecule is Cc1ncn(C)c1-c1ccc2c(c1)nc([C@@H]1CCCC(=O)N1c1ccc(F)c(F)c1)n2C1CCCCC1. The van der Waals surface area contributed by atoms with Gasteiger partial charge in [0.1, 0.15) is 5.82 Å². The topological polar surface area (TPSA) is 56.0 Å². The van der Waals surface area contributed by atoms with Crippen molar-refractivity contribution in [2.45, 2.75) is 70.4 Å². The molecule has 8 heteroatoms. The van der Waals surface area contributed by atoms with E-state index < -0.39 is 11.6 Å². The lowest BCUT2D eigenvalue weighted by Crippen LogP contribution is -2.40. The number of anilines is 1. The zero-order valence-electron chi connectivity index (χ0n) is 21.3. The van der Waals surface area contributed by atoms with E-state index in [4.69, 9.17) is 4.98 Å². The van der Waals surface area contributed by atoms with Crippen LogP contribution < -0.4 is 4.90 Å². The number of benzene rings is 2. The number of hydrogen-bond donors (Lipinski definition) is 0. The molecule has 3 heterocycles. The first kappa shape index (κ1) is 23.8. The fourth-order valence-corrected chi connectivity index (χ4v) is 6.26. The van der Waals surface area contributed by atoms with Crippen molar-refractivity contribution < 1.29 is 13.6 Å². The van der Waals surface area contributed by atoms with E-state index in [1.165, 1.54) is 12.5 Å². The number of imidazole rings is 2. The van der Waals surface area contributed by atoms with Gasteiger partial charge >= 0.3 is 0 Å². The molecule has 1 amide bonds. The van der Waals surface area contributed by atoms with Crippen LogP contribution in [0.2, 0.25) is 0 Å². The normalized spacial score (nSPS) is 19.2. The Kier molecular flexibility index (Phi) is 6.05. The summed E-state index contributed by atoms with van der Waals surface area (Å²) in [5, 5.41) is 0. The highest BCUT2D eigenvalue weighted by Gasteiger charge is 2.36. The summed E-state index contributed by atoms with van der Waals surface area (Å²) >= 11 is 0. The fraction of sp³-hybridized carbons (Fsp3) is 0.414. The van der Waals surface area contributed by atoms with Crippen molar-refractivity contribution in [2.24, 2.45) is 7.05 Å². The minimum atomic E-state index is -0.952. The average Bonchev–Trinajstić information content (AvgIpc) is 3.44. The van der Waals surface area contributed by atoms with E-state index in [9.17, 15) is 13.6 Å². The third kappa shape index (κ3) is 4.12. The van der Waals surface area contributed by atoms with Crippen LogP contribution in [0, 0.1) is 18.6 Å². The molecule has 1 aliphatic carbocycles. The largest absolute Gasteiger partial charge is 0.334 e. The van der Waals surface area contributed by atoms with Gasteiger partial charge in [-0.3, -0.25) is 4.79 Å². The molecule has 6 nitrogen and oxygen atoms in total. The number of aryl methyl sites for hydroxylation is 2. The molecule has 0 radical (unpaired) electrons. The molecule has 2 aliphatic rings. The number of nitrogens with zero attached hydrogens (tertiary/aromatic N) is 5. The molecule has 0 N–H and O–H groups in total. The summed E-state index contributed by atoms with van der Waals surface area (Å²) in [6.45, 7) is 2.00. The molecule has 0 spiro atoms. The lowest BCUT2D eigenvalue weighted by Gasteiger charge is -2.37. The van der Waals surface area contributed by atoms with Crippen LogP contribution in [-0.2, 0) is 11.8 Å². The Labute approximate surface area is 214 Å². The summed E-state index contributed by atoms with van der Waals surface area (Å²) in [6, 6.07) is 10.0. The van der Waals surface area contributed by atoms with E-state index in [1.54, 1.807) is 4.90 Å². The van der Waals surface area contributed by atoms with Crippen LogP contribution >= 0.6 is 0 Å². The number of aromatic nitrogens is 4. The van der Waals surface area contributed by atoms with Gasteiger partial charge in [-0.1, -0.05) is 25.3 Å². The molecule has 1 aliphatic heterocycles. The predicted molar refractivity (Wildman–Crippen MR) is 139 cm³/mol. The molecule has 0 unspecified atom stereocenters. The Bertz CT molecular complexity index is 1460. The number of hydrogen-bond acceptors (Lipinski definition) is 3. The van der Waals surface area contributed by atoms with E-state index in [1.807, 2.05) is 24.9 Å². The summed E-state index contributed by atoms with van der Waals surface area (Å²) in [4.78, 5) is 24.5. The molecular weight excluding hydrogens is 472 g/mol. The highest BCUT2D eigenvalue weighted by molar-refractivity contribution is 5.95. The quantitative estimate of drug-likeness (QED) is 0.308. The number of amides is 1. The minimum absolute atomic E-state index is 0.0873. The lowest BCUT2D eigenvalue weighted by atomic mass is 9.94. The van der Waals surface area contributed by atoms with Gasteiger partial charge in [-0.05, 0) is 56.9 Å². The monoisotopic (exact) mass is 503 g/mol. The highest BCUT2D eigenvalue weighted by atomic mass is 19.2. The minimum Gasteiger partial charge on any atom is -0.334 e. The fourth-order valence-electron chi connectivity index (χ4n) is 6.26. The maximum absolute atomic E-state index is 14.2. The lowest BCUT2D eigenvalue weighted by molar-refractivity contribution is -0.120. The van der Waals surface area contributed by atoms with Gasteiger partial charge in [-0.2, -0.15) is 0 Å². The molecule has 37 heavy (non-hydrogen) atoms. The summed E-state index contributed by atoms with van der Waals surface area (Å²) < 4.78 is 32.3. The van der Waals surface area contributed by atoms with E-state index in [-0.39, 0.29) is 11.9 Å². The van der Waals surface area contributed by atoms with E-state index >= 15 is 0 Å². The number of halogens is 2. The van der Waals surface area contributed by atoms with Gasteiger partial charge in [-0.15, -0.1) is 0 Å². The molecule has 1 saturated carbocycles. The Morgan fingerprint density at radius 3 is 2.49 bits per heavy atom. The van der Waals surface area contributed by atoms with Gasteiger partial charge in [0.2, 0.25) is 5.91 Å². The van der Waals surface area contributed by atoms with E-state index in [0.29, 0.717) is 24.6 Å². The van der Waals surface area contributed by atoms with Crippen LogP contribution in [0.4, 0.5) is 14.5 Å². The van der Waals surface area contributed by atoms with Crippen molar-refractivity contribution in [3.63, 3.8) is 0 Å². The van der Waals surface area contributed by atoms with Crippen molar-refractivity contribution >= 4 is 22.6 Å². The first-order chi connectivity index (χ1) is 17.9. The van der Waals surface area contributed by atoms with E-state index in [2.05, 4.69) is 27.8 Å². The molecule has 6 rings (SSSR count). The highest BCUT2D eigenvalue weighted by Crippen LogP contribution is 2.41. The van der Waals surface area contributed by atoms with E-state index in [0.717, 1.165) is 78.0 Å². The van der Waals surface area contributed by atoms with Crippen molar-refractivity contribution in [3.8, 4) is 11.3 Å². The van der Waals surface area contributed by atoms with Gasteiger partial charge in [0, 0.05) is 36.8 Å². The Morgan fingerprint density at radius 2 is 1.76 bits per heavy atom. The summed E-state index contributed by atoms with van der Waals surface area (Å²) in [6.07, 6.45) is 9.31. The van der Waals surface area contributed by atoms with Crippen molar-refractivity contribution in [3.05, 3.63) is 65.9 Å². The molecule has 192 valence electrons. The zero-order chi connectivity index (χ0) is 25.7. The van der Waals surface area contributed by atoms with Crippen LogP contribution in [0.25, 0.3) is 22.3 Å². The third-order valence-corrected chi connectivity index (χ3v) is 7.98. The Morgan fingerprint density at radius 1 is 0.946 bits per heavy atom. The first-order valence-corrected chi connectivity index (χ1v) is 13.2. The number of carbonyl (C=O) groups excluding carboxylic acids is 1. The molecule has 2 fully saturated rings. The van der Waals surface area contributed by atoms with Gasteiger partial charge in [0.05, 0.1) is 34.8 Å². The molecular formula is C29H31F2N5O. The van der Waals surface area contributed by atoms with Gasteiger partial charge < -0.3 is 14.0 Å². The second-order valence-electron chi connectivity index (χ2n) is 10.4. The number of rotatable bonds is 4. The first-order valence-electron chi connectivity index (χ1n) is 13.2. The molecule has 1 saturated heterocycles. The molecule has 2 aromatic heterocycles. The van der Waals surface area contributed by atoms with Crippen LogP contribution in [0.5, 0.6) is 0 Å². The van der Waals surface area contributed by atoms with Crippen LogP contribution in [0.1, 0.15) is 75.0 Å². The van der Waals surface area contributed by atoms with Crippen molar-refractivity contribution in [1.82, 2.24) is 19.1 Å². The van der Waals surface area contributed by atoms with Crippen molar-refractivity contribution in [2.75, 3.05) is 4.90 Å². The summed E-state index contributed by atoms with van der Waals surface area (Å²) in [5.41, 5.74) is 5.35. The smallest absolute Gasteiger partial charge is 0.227 e. The molecule has 4 aromatic rings. The third-order valence-electron chi connectivity index (χ3n) is 7.98. The summed E-state index contributed by atoms with van der Waals surface area (Å²) in [5.74, 6) is -1.13. The number of piperidine rings is 1. The zero-order valence-corrected chi connectivity index (χ0v) is 21.3. The summed E-state index contributed by atoms with van der Waals surface area (Å²) in [7, 11) is 1.99. The van der Waals surface area contributed by atoms with Crippen LogP contribution in [-0.4, -0.2) is 25.0 Å². The Hall–Kier alpha value is -3.55. The van der Waals surface area contributed by atoms with Gasteiger partial charge in [0.15, 0.2) is 11.6 Å². The average molecular weight is 504 g/mol. The van der Waals surface area contributed by atoms with Crippen LogP contribution in [0.15, 0.2) is 42.7 Å². The molecule has 0 bridgehead atoms. The van der Waals surface area contributed by atoms with Gasteiger partial charge in [0.25, 0.3) is 0 Å². The maximum Gasteiger partial charge on any atom is 0.227 e. The van der Waals surface area contributed by atoms with Crippen molar-refractivity contribution in [1.29, 1.82) is 0 Å². The predicted octanol–water partition coefficient (Wildman–Crippen LogP) is 6.79. The second-order valence-corrected chi connectivity index (χ2v) is 10.4. The Balaban J connectivity index is 1.52. The maximum atomic E-state index is 14.2. The second kappa shape index (κ2) is 9.39. The molecule has 2 aromatic carbocycles. The number of fused-ring (bicyclic) bond motifs is 1. The van der Waals surface area contributed by atoms with Crippen LogP contribution in [0.3, 0.4) is 0 Å². The number of carbonyl (C=O) groups is 1.